The first kappa shape index (κ1) is 20.8. The maximum atomic E-state index is 5.70. The molecular formula is C22H32N4O. The number of hydrogen-bond acceptors (Lipinski definition) is 3. The summed E-state index contributed by atoms with van der Waals surface area (Å²) < 4.78 is 5.70. The summed E-state index contributed by atoms with van der Waals surface area (Å²) in [6.07, 6.45) is 0.911. The Kier molecular flexibility index (Phi) is 9.21. The number of para-hydroxylation sites is 1. The number of ether oxygens (including phenoxy) is 1. The second-order valence-corrected chi connectivity index (χ2v) is 6.52. The van der Waals surface area contributed by atoms with Gasteiger partial charge in [0.15, 0.2) is 5.96 Å². The maximum Gasteiger partial charge on any atom is 0.191 e. The summed E-state index contributed by atoms with van der Waals surface area (Å²) in [5.74, 6) is 1.72. The van der Waals surface area contributed by atoms with Gasteiger partial charge in [0, 0.05) is 26.7 Å². The van der Waals surface area contributed by atoms with E-state index in [0.717, 1.165) is 44.3 Å². The Balaban J connectivity index is 1.68. The van der Waals surface area contributed by atoms with Crippen LogP contribution in [-0.4, -0.2) is 44.7 Å². The lowest BCUT2D eigenvalue weighted by molar-refractivity contribution is 0.311. The molecule has 5 nitrogen and oxygen atoms in total. The average molecular weight is 369 g/mol. The van der Waals surface area contributed by atoms with Crippen molar-refractivity contribution in [2.45, 2.75) is 26.4 Å². The third kappa shape index (κ3) is 8.13. The smallest absolute Gasteiger partial charge is 0.191 e. The number of benzene rings is 2. The van der Waals surface area contributed by atoms with Crippen LogP contribution in [0.4, 0.5) is 0 Å². The molecule has 2 aromatic rings. The number of nitrogens with zero attached hydrogens (tertiary/aromatic N) is 2. The number of hydrogen-bond donors (Lipinski definition) is 2. The van der Waals surface area contributed by atoms with Crippen LogP contribution in [0, 0.1) is 0 Å². The SMILES string of the molecule is CCN(C)Cc1cccc(CNC(=NC)NCCCOc2ccccc2)c1. The topological polar surface area (TPSA) is 48.9 Å². The third-order valence-corrected chi connectivity index (χ3v) is 4.29. The van der Waals surface area contributed by atoms with Gasteiger partial charge in [0.25, 0.3) is 0 Å². The monoisotopic (exact) mass is 368 g/mol. The number of rotatable bonds is 10. The van der Waals surface area contributed by atoms with E-state index in [2.05, 4.69) is 58.8 Å². The van der Waals surface area contributed by atoms with E-state index >= 15 is 0 Å². The Labute approximate surface area is 163 Å². The fourth-order valence-corrected chi connectivity index (χ4v) is 2.65. The van der Waals surface area contributed by atoms with Crippen molar-refractivity contribution in [1.82, 2.24) is 15.5 Å². The van der Waals surface area contributed by atoms with Crippen molar-refractivity contribution in [1.29, 1.82) is 0 Å². The minimum Gasteiger partial charge on any atom is -0.494 e. The van der Waals surface area contributed by atoms with Crippen LogP contribution in [-0.2, 0) is 13.1 Å². The van der Waals surface area contributed by atoms with Crippen LogP contribution in [0.3, 0.4) is 0 Å². The lowest BCUT2D eigenvalue weighted by atomic mass is 10.1. The van der Waals surface area contributed by atoms with Gasteiger partial charge >= 0.3 is 0 Å². The minimum absolute atomic E-state index is 0.682. The predicted octanol–water partition coefficient (Wildman–Crippen LogP) is 3.27. The predicted molar refractivity (Wildman–Crippen MR) is 113 cm³/mol. The van der Waals surface area contributed by atoms with Gasteiger partial charge in [-0.05, 0) is 43.3 Å². The molecule has 2 aromatic carbocycles. The summed E-state index contributed by atoms with van der Waals surface area (Å²) >= 11 is 0. The van der Waals surface area contributed by atoms with Crippen molar-refractivity contribution in [2.24, 2.45) is 4.99 Å². The Bertz CT molecular complexity index is 688. The first-order valence-corrected chi connectivity index (χ1v) is 9.60. The minimum atomic E-state index is 0.682. The van der Waals surface area contributed by atoms with Gasteiger partial charge < -0.3 is 20.3 Å². The highest BCUT2D eigenvalue weighted by atomic mass is 16.5. The quantitative estimate of drug-likeness (QED) is 0.384. The Morgan fingerprint density at radius 2 is 1.81 bits per heavy atom. The molecule has 0 bridgehead atoms. The van der Waals surface area contributed by atoms with Gasteiger partial charge in [0.2, 0.25) is 0 Å². The van der Waals surface area contributed by atoms with E-state index in [-0.39, 0.29) is 0 Å². The average Bonchev–Trinajstić information content (AvgIpc) is 2.71. The van der Waals surface area contributed by atoms with E-state index < -0.39 is 0 Å². The van der Waals surface area contributed by atoms with E-state index in [0.29, 0.717) is 6.61 Å². The van der Waals surface area contributed by atoms with E-state index in [1.54, 1.807) is 7.05 Å². The molecule has 0 radical (unpaired) electrons. The number of nitrogens with one attached hydrogen (secondary N) is 2. The molecule has 0 spiro atoms. The second-order valence-electron chi connectivity index (χ2n) is 6.52. The lowest BCUT2D eigenvalue weighted by Crippen LogP contribution is -2.37. The molecule has 0 fully saturated rings. The van der Waals surface area contributed by atoms with Crippen LogP contribution in [0.5, 0.6) is 5.75 Å². The molecule has 5 heteroatoms. The zero-order valence-corrected chi connectivity index (χ0v) is 16.7. The molecule has 2 N–H and O–H groups in total. The summed E-state index contributed by atoms with van der Waals surface area (Å²) in [7, 11) is 3.93. The standard InChI is InChI=1S/C22H32N4O/c1-4-26(3)18-20-11-8-10-19(16-20)17-25-22(23-2)24-14-9-15-27-21-12-6-5-7-13-21/h5-8,10-13,16H,4,9,14-15,17-18H2,1-3H3,(H2,23,24,25). The van der Waals surface area contributed by atoms with Gasteiger partial charge in [0.05, 0.1) is 6.61 Å². The molecule has 146 valence electrons. The maximum absolute atomic E-state index is 5.70. The van der Waals surface area contributed by atoms with Crippen molar-refractivity contribution >= 4 is 5.96 Å². The van der Waals surface area contributed by atoms with Crippen LogP contribution in [0.1, 0.15) is 24.5 Å². The van der Waals surface area contributed by atoms with Gasteiger partial charge in [-0.3, -0.25) is 4.99 Å². The first-order valence-electron chi connectivity index (χ1n) is 9.60. The molecule has 0 aliphatic heterocycles. The first-order chi connectivity index (χ1) is 13.2. The molecule has 0 unspecified atom stereocenters. The summed E-state index contributed by atoms with van der Waals surface area (Å²) in [5, 5.41) is 6.71. The largest absolute Gasteiger partial charge is 0.494 e. The molecule has 0 aliphatic carbocycles. The van der Waals surface area contributed by atoms with Gasteiger partial charge in [0.1, 0.15) is 5.75 Å². The molecular weight excluding hydrogens is 336 g/mol. The third-order valence-electron chi connectivity index (χ3n) is 4.29. The van der Waals surface area contributed by atoms with Crippen LogP contribution < -0.4 is 15.4 Å². The highest BCUT2D eigenvalue weighted by molar-refractivity contribution is 5.79. The summed E-state index contributed by atoms with van der Waals surface area (Å²) in [6.45, 7) is 6.44. The summed E-state index contributed by atoms with van der Waals surface area (Å²) in [5.41, 5.74) is 2.59. The second kappa shape index (κ2) is 12.0. The Hall–Kier alpha value is -2.53. The van der Waals surface area contributed by atoms with Gasteiger partial charge in [-0.15, -0.1) is 0 Å². The molecule has 27 heavy (non-hydrogen) atoms. The van der Waals surface area contributed by atoms with Crippen molar-refractivity contribution in [3.05, 3.63) is 65.7 Å². The number of guanidine groups is 1. The molecule has 0 atom stereocenters. The van der Waals surface area contributed by atoms with Crippen molar-refractivity contribution in [3.63, 3.8) is 0 Å². The Morgan fingerprint density at radius 3 is 2.56 bits per heavy atom. The van der Waals surface area contributed by atoms with Gasteiger partial charge in [-0.1, -0.05) is 49.4 Å². The van der Waals surface area contributed by atoms with Crippen LogP contribution in [0.25, 0.3) is 0 Å². The van der Waals surface area contributed by atoms with Crippen molar-refractivity contribution in [3.8, 4) is 5.75 Å². The zero-order valence-electron chi connectivity index (χ0n) is 16.7. The fourth-order valence-electron chi connectivity index (χ4n) is 2.65. The molecule has 2 rings (SSSR count). The zero-order chi connectivity index (χ0) is 19.3. The molecule has 0 saturated heterocycles. The van der Waals surface area contributed by atoms with E-state index in [1.165, 1.54) is 11.1 Å². The highest BCUT2D eigenvalue weighted by Crippen LogP contribution is 2.08. The fraction of sp³-hybridized carbons (Fsp3) is 0.409. The van der Waals surface area contributed by atoms with Gasteiger partial charge in [-0.25, -0.2) is 0 Å². The van der Waals surface area contributed by atoms with Crippen molar-refractivity contribution in [2.75, 3.05) is 33.8 Å². The molecule has 0 amide bonds. The van der Waals surface area contributed by atoms with E-state index in [9.17, 15) is 0 Å². The van der Waals surface area contributed by atoms with E-state index in [1.807, 2.05) is 30.3 Å². The van der Waals surface area contributed by atoms with E-state index in [4.69, 9.17) is 4.74 Å². The summed E-state index contributed by atoms with van der Waals surface area (Å²) in [6, 6.07) is 18.6. The Morgan fingerprint density at radius 1 is 1.04 bits per heavy atom. The molecule has 0 heterocycles. The van der Waals surface area contributed by atoms with Crippen LogP contribution >= 0.6 is 0 Å². The number of aliphatic imine (C=N–C) groups is 1. The molecule has 0 aromatic heterocycles. The molecule has 0 aliphatic rings. The molecule has 0 saturated carbocycles. The van der Waals surface area contributed by atoms with Crippen LogP contribution in [0.2, 0.25) is 0 Å². The highest BCUT2D eigenvalue weighted by Gasteiger charge is 2.02. The van der Waals surface area contributed by atoms with Gasteiger partial charge in [-0.2, -0.15) is 0 Å². The normalized spacial score (nSPS) is 11.5. The van der Waals surface area contributed by atoms with Crippen molar-refractivity contribution < 1.29 is 4.74 Å². The summed E-state index contributed by atoms with van der Waals surface area (Å²) in [4.78, 5) is 6.58. The lowest BCUT2D eigenvalue weighted by Gasteiger charge is -2.15. The van der Waals surface area contributed by atoms with Crippen LogP contribution in [0.15, 0.2) is 59.6 Å².